The van der Waals surface area contributed by atoms with Crippen molar-refractivity contribution >= 4 is 23.1 Å². The lowest BCUT2D eigenvalue weighted by Crippen LogP contribution is -2.50. The van der Waals surface area contributed by atoms with Crippen molar-refractivity contribution in [2.45, 2.75) is 63.2 Å². The summed E-state index contributed by atoms with van der Waals surface area (Å²) in [5.74, 6) is 0.435. The molecule has 1 N–H and O–H groups in total. The molecule has 1 saturated heterocycles. The van der Waals surface area contributed by atoms with Crippen LogP contribution in [0.15, 0.2) is 20.5 Å². The van der Waals surface area contributed by atoms with E-state index in [0.717, 1.165) is 32.3 Å². The molecule has 3 aliphatic heterocycles. The van der Waals surface area contributed by atoms with Crippen molar-refractivity contribution in [1.29, 1.82) is 0 Å². The molecule has 2 fully saturated rings. The first kappa shape index (κ1) is 16.5. The molecule has 0 aromatic rings. The van der Waals surface area contributed by atoms with Crippen molar-refractivity contribution in [2.75, 3.05) is 26.3 Å². The molecule has 2 atom stereocenters. The number of allylic oxidation sites excluding steroid dienone is 1. The van der Waals surface area contributed by atoms with Crippen LogP contribution in [0.25, 0.3) is 0 Å². The highest BCUT2D eigenvalue weighted by atomic mass is 32.2. The third-order valence-electron chi connectivity index (χ3n) is 6.47. The number of nitrogens with zero attached hydrogens (tertiary/aromatic N) is 3. The van der Waals surface area contributed by atoms with E-state index >= 15 is 0 Å². The third kappa shape index (κ3) is 3.22. The van der Waals surface area contributed by atoms with Crippen LogP contribution in [0.1, 0.15) is 44.9 Å². The summed E-state index contributed by atoms with van der Waals surface area (Å²) in [6, 6.07) is 1.37. The molecule has 3 heterocycles. The second-order valence-corrected chi connectivity index (χ2v) is 8.99. The number of hydrogen-bond donors (Lipinski definition) is 1. The summed E-state index contributed by atoms with van der Waals surface area (Å²) in [4.78, 5) is 13.6. The molecule has 2 aliphatic carbocycles. The molecular formula is C19H28N4OS. The zero-order valence-electron chi connectivity index (χ0n) is 14.8. The highest BCUT2D eigenvalue weighted by Gasteiger charge is 2.41. The Morgan fingerprint density at radius 1 is 1.12 bits per heavy atom. The Labute approximate surface area is 154 Å². The number of aliphatic imine (C=N–C) groups is 2. The summed E-state index contributed by atoms with van der Waals surface area (Å²) in [6.07, 6.45) is 11.0. The molecule has 5 rings (SSSR count). The molecule has 0 aromatic carbocycles. The summed E-state index contributed by atoms with van der Waals surface area (Å²) >= 11 is 1.93. The van der Waals surface area contributed by atoms with Gasteiger partial charge in [-0.15, -0.1) is 0 Å². The minimum atomic E-state index is 0.218. The second-order valence-electron chi connectivity index (χ2n) is 7.88. The number of morpholine rings is 1. The standard InChI is InChI=1S/C19H28N4OS/c1-2-15-16(3-1)25-19-17(15)18(20-12-21-19)22-13-4-6-14(7-5-13)23-8-10-24-11-9-23/h12-14,17-18,22H,1-11H2. The average molecular weight is 361 g/mol. The van der Waals surface area contributed by atoms with Crippen LogP contribution in [0.5, 0.6) is 0 Å². The molecule has 5 aliphatic rings. The number of nitrogens with one attached hydrogen (secondary N) is 1. The Bertz CT molecular complexity index is 603. The van der Waals surface area contributed by atoms with Gasteiger partial charge in [0.25, 0.3) is 0 Å². The van der Waals surface area contributed by atoms with Gasteiger partial charge in [-0.25, -0.2) is 4.99 Å². The first-order chi connectivity index (χ1) is 12.4. The summed E-state index contributed by atoms with van der Waals surface area (Å²) < 4.78 is 5.50. The van der Waals surface area contributed by atoms with E-state index in [-0.39, 0.29) is 6.17 Å². The molecule has 1 saturated carbocycles. The van der Waals surface area contributed by atoms with Crippen molar-refractivity contribution in [3.05, 3.63) is 10.5 Å². The van der Waals surface area contributed by atoms with Crippen LogP contribution in [0.2, 0.25) is 0 Å². The summed E-state index contributed by atoms with van der Waals surface area (Å²) in [5, 5.41) is 5.19. The fourth-order valence-electron chi connectivity index (χ4n) is 5.14. The van der Waals surface area contributed by atoms with Crippen LogP contribution in [0.3, 0.4) is 0 Å². The van der Waals surface area contributed by atoms with Gasteiger partial charge in [-0.1, -0.05) is 11.8 Å². The molecular weight excluding hydrogens is 332 g/mol. The van der Waals surface area contributed by atoms with E-state index in [0.29, 0.717) is 12.0 Å². The Morgan fingerprint density at radius 2 is 1.96 bits per heavy atom. The van der Waals surface area contributed by atoms with Gasteiger partial charge in [0.1, 0.15) is 12.5 Å². The zero-order chi connectivity index (χ0) is 16.6. The van der Waals surface area contributed by atoms with Gasteiger partial charge in [-0.2, -0.15) is 0 Å². The molecule has 6 heteroatoms. The van der Waals surface area contributed by atoms with Gasteiger partial charge >= 0.3 is 0 Å². The Hall–Kier alpha value is -0.690. The lowest BCUT2D eigenvalue weighted by Gasteiger charge is -2.40. The van der Waals surface area contributed by atoms with Gasteiger partial charge in [0.15, 0.2) is 0 Å². The lowest BCUT2D eigenvalue weighted by atomic mass is 9.88. The monoisotopic (exact) mass is 360 g/mol. The van der Waals surface area contributed by atoms with Crippen molar-refractivity contribution in [3.8, 4) is 0 Å². The maximum Gasteiger partial charge on any atom is 0.114 e. The number of hydrogen-bond acceptors (Lipinski definition) is 6. The molecule has 0 radical (unpaired) electrons. The van der Waals surface area contributed by atoms with Crippen LogP contribution in [-0.4, -0.2) is 60.8 Å². The largest absolute Gasteiger partial charge is 0.379 e. The topological polar surface area (TPSA) is 49.2 Å². The Balaban J connectivity index is 1.19. The number of fused-ring (bicyclic) bond motifs is 2. The third-order valence-corrected chi connectivity index (χ3v) is 7.75. The maximum absolute atomic E-state index is 5.50. The van der Waals surface area contributed by atoms with Gasteiger partial charge in [-0.05, 0) is 55.4 Å². The zero-order valence-corrected chi connectivity index (χ0v) is 15.6. The van der Waals surface area contributed by atoms with Crippen LogP contribution in [0.4, 0.5) is 0 Å². The molecule has 2 unspecified atom stereocenters. The molecule has 0 aromatic heterocycles. The van der Waals surface area contributed by atoms with Gasteiger partial charge < -0.3 is 4.74 Å². The number of thioether (sulfide) groups is 1. The summed E-state index contributed by atoms with van der Waals surface area (Å²) in [7, 11) is 0. The second kappa shape index (κ2) is 7.14. The summed E-state index contributed by atoms with van der Waals surface area (Å²) in [6.45, 7) is 4.05. The van der Waals surface area contributed by atoms with Crippen LogP contribution < -0.4 is 5.32 Å². The predicted molar refractivity (Wildman–Crippen MR) is 103 cm³/mol. The highest BCUT2D eigenvalue weighted by molar-refractivity contribution is 8.17. The van der Waals surface area contributed by atoms with E-state index in [1.165, 1.54) is 50.0 Å². The van der Waals surface area contributed by atoms with Gasteiger partial charge in [-0.3, -0.25) is 15.2 Å². The van der Waals surface area contributed by atoms with Crippen molar-refractivity contribution in [3.63, 3.8) is 0 Å². The molecule has 25 heavy (non-hydrogen) atoms. The molecule has 0 bridgehead atoms. The minimum absolute atomic E-state index is 0.218. The quantitative estimate of drug-likeness (QED) is 0.841. The van der Waals surface area contributed by atoms with E-state index < -0.39 is 0 Å². The fraction of sp³-hybridized carbons (Fsp3) is 0.789. The molecule has 5 nitrogen and oxygen atoms in total. The fourth-order valence-corrected chi connectivity index (χ4v) is 6.49. The smallest absolute Gasteiger partial charge is 0.114 e. The van der Waals surface area contributed by atoms with E-state index in [9.17, 15) is 0 Å². The van der Waals surface area contributed by atoms with Crippen molar-refractivity contribution < 1.29 is 4.74 Å². The lowest BCUT2D eigenvalue weighted by molar-refractivity contribution is 0.00622. The number of rotatable bonds is 3. The molecule has 0 spiro atoms. The Kier molecular flexibility index (Phi) is 4.71. The van der Waals surface area contributed by atoms with Crippen LogP contribution in [-0.2, 0) is 4.74 Å². The molecule has 136 valence electrons. The van der Waals surface area contributed by atoms with Crippen LogP contribution >= 0.6 is 11.8 Å². The van der Waals surface area contributed by atoms with Crippen molar-refractivity contribution in [1.82, 2.24) is 10.2 Å². The summed E-state index contributed by atoms with van der Waals surface area (Å²) in [5.41, 5.74) is 1.64. The first-order valence-corrected chi connectivity index (χ1v) is 10.8. The van der Waals surface area contributed by atoms with Gasteiger partial charge in [0, 0.05) is 25.2 Å². The van der Waals surface area contributed by atoms with E-state index in [2.05, 4.69) is 15.2 Å². The predicted octanol–water partition coefficient (Wildman–Crippen LogP) is 2.79. The SMILES string of the molecule is C1=NC(NC2CCC(N3CCOCC3)CC2)C2C(=N1)SC1=C2CCC1. The van der Waals surface area contributed by atoms with Crippen molar-refractivity contribution in [2.24, 2.45) is 15.9 Å². The van der Waals surface area contributed by atoms with Crippen LogP contribution in [0, 0.1) is 5.92 Å². The first-order valence-electron chi connectivity index (χ1n) is 9.95. The Morgan fingerprint density at radius 3 is 2.80 bits per heavy atom. The normalized spacial score (nSPS) is 38.6. The van der Waals surface area contributed by atoms with E-state index in [1.807, 2.05) is 11.8 Å². The van der Waals surface area contributed by atoms with E-state index in [1.54, 1.807) is 16.8 Å². The highest BCUT2D eigenvalue weighted by Crippen LogP contribution is 2.49. The molecule has 0 amide bonds. The van der Waals surface area contributed by atoms with Gasteiger partial charge in [0.05, 0.1) is 24.2 Å². The maximum atomic E-state index is 5.50. The number of ether oxygens (including phenoxy) is 1. The average Bonchev–Trinajstić information content (AvgIpc) is 3.24. The van der Waals surface area contributed by atoms with E-state index in [4.69, 9.17) is 9.73 Å². The van der Waals surface area contributed by atoms with Gasteiger partial charge in [0.2, 0.25) is 0 Å². The minimum Gasteiger partial charge on any atom is -0.379 e.